The molecule has 0 aliphatic rings. The second kappa shape index (κ2) is 8.18. The quantitative estimate of drug-likeness (QED) is 0.693. The average Bonchev–Trinajstić information content (AvgIpc) is 3.14. The van der Waals surface area contributed by atoms with Gasteiger partial charge in [0.15, 0.2) is 0 Å². The van der Waals surface area contributed by atoms with Gasteiger partial charge in [0.2, 0.25) is 0 Å². The zero-order chi connectivity index (χ0) is 17.5. The van der Waals surface area contributed by atoms with Crippen molar-refractivity contribution in [3.05, 3.63) is 78.1 Å². The lowest BCUT2D eigenvalue weighted by Gasteiger charge is -2.08. The molecule has 0 saturated heterocycles. The first-order valence-corrected chi connectivity index (χ1v) is 8.72. The highest BCUT2D eigenvalue weighted by atomic mass is 32.2. The van der Waals surface area contributed by atoms with Crippen LogP contribution in [0.1, 0.15) is 15.9 Å². The molecule has 0 saturated carbocycles. The van der Waals surface area contributed by atoms with Gasteiger partial charge >= 0.3 is 0 Å². The predicted molar refractivity (Wildman–Crippen MR) is 97.5 cm³/mol. The summed E-state index contributed by atoms with van der Waals surface area (Å²) in [4.78, 5) is 13.3. The first-order chi connectivity index (χ1) is 12.3. The zero-order valence-corrected chi connectivity index (χ0v) is 14.2. The third-order valence-corrected chi connectivity index (χ3v) is 4.47. The molecule has 2 aromatic carbocycles. The van der Waals surface area contributed by atoms with Gasteiger partial charge < -0.3 is 5.32 Å². The molecule has 3 rings (SSSR count). The van der Waals surface area contributed by atoms with E-state index in [1.807, 2.05) is 54.7 Å². The van der Waals surface area contributed by atoms with Crippen LogP contribution >= 0.6 is 11.8 Å². The summed E-state index contributed by atoms with van der Waals surface area (Å²) < 4.78 is 1.78. The number of carbonyl (C=O) groups excluding carboxylic acids is 1. The second-order valence-corrected chi connectivity index (χ2v) is 6.27. The van der Waals surface area contributed by atoms with Gasteiger partial charge in [0.05, 0.1) is 29.3 Å². The highest BCUT2D eigenvalue weighted by Crippen LogP contribution is 2.22. The van der Waals surface area contributed by atoms with Gasteiger partial charge in [0.1, 0.15) is 0 Å². The van der Waals surface area contributed by atoms with Crippen LogP contribution in [-0.4, -0.2) is 21.4 Å². The monoisotopic (exact) mass is 348 g/mol. The summed E-state index contributed by atoms with van der Waals surface area (Å²) in [7, 11) is 0. The van der Waals surface area contributed by atoms with E-state index >= 15 is 0 Å². The minimum absolute atomic E-state index is 0.159. The molecule has 1 N–H and O–H groups in total. The maximum atomic E-state index is 12.4. The molecule has 5 nitrogen and oxygen atoms in total. The Bertz CT molecular complexity index is 899. The lowest BCUT2D eigenvalue weighted by Crippen LogP contribution is -2.23. The zero-order valence-electron chi connectivity index (χ0n) is 13.4. The van der Waals surface area contributed by atoms with E-state index in [-0.39, 0.29) is 5.91 Å². The highest BCUT2D eigenvalue weighted by Gasteiger charge is 2.11. The fourth-order valence-corrected chi connectivity index (χ4v) is 3.05. The van der Waals surface area contributed by atoms with Crippen LogP contribution in [-0.2, 0) is 6.54 Å². The van der Waals surface area contributed by atoms with Crippen LogP contribution < -0.4 is 5.32 Å². The SMILES string of the molecule is N#CCSc1ccccc1C(=O)NCc1cnn(-c2ccccc2)c1. The van der Waals surface area contributed by atoms with Crippen molar-refractivity contribution in [1.82, 2.24) is 15.1 Å². The summed E-state index contributed by atoms with van der Waals surface area (Å²) >= 11 is 1.36. The number of rotatable bonds is 6. The molecule has 3 aromatic rings. The molecule has 6 heteroatoms. The Balaban J connectivity index is 1.66. The average molecular weight is 348 g/mol. The minimum Gasteiger partial charge on any atom is -0.348 e. The molecular weight excluding hydrogens is 332 g/mol. The first-order valence-electron chi connectivity index (χ1n) is 7.74. The number of aromatic nitrogens is 2. The summed E-state index contributed by atoms with van der Waals surface area (Å²) in [6.07, 6.45) is 3.63. The number of carbonyl (C=O) groups is 1. The molecule has 0 fully saturated rings. The number of nitriles is 1. The van der Waals surface area contributed by atoms with Crippen LogP contribution in [0.15, 0.2) is 71.9 Å². The molecule has 0 unspecified atom stereocenters. The van der Waals surface area contributed by atoms with E-state index in [0.29, 0.717) is 17.9 Å². The van der Waals surface area contributed by atoms with Gasteiger partial charge in [-0.05, 0) is 24.3 Å². The number of para-hydroxylation sites is 1. The van der Waals surface area contributed by atoms with Crippen LogP contribution in [0.2, 0.25) is 0 Å². The molecule has 0 aliphatic heterocycles. The Morgan fingerprint density at radius 3 is 2.72 bits per heavy atom. The van der Waals surface area contributed by atoms with Gasteiger partial charge in [-0.25, -0.2) is 4.68 Å². The van der Waals surface area contributed by atoms with E-state index in [0.717, 1.165) is 16.1 Å². The number of amides is 1. The van der Waals surface area contributed by atoms with Crippen molar-refractivity contribution < 1.29 is 4.79 Å². The maximum Gasteiger partial charge on any atom is 0.252 e. The van der Waals surface area contributed by atoms with E-state index in [1.54, 1.807) is 16.9 Å². The van der Waals surface area contributed by atoms with Gasteiger partial charge in [-0.2, -0.15) is 10.4 Å². The summed E-state index contributed by atoms with van der Waals surface area (Å²) in [5, 5.41) is 16.0. The molecule has 25 heavy (non-hydrogen) atoms. The molecule has 124 valence electrons. The van der Waals surface area contributed by atoms with Crippen LogP contribution in [0, 0.1) is 11.3 Å². The van der Waals surface area contributed by atoms with E-state index in [4.69, 9.17) is 5.26 Å². The molecule has 0 bridgehead atoms. The summed E-state index contributed by atoms with van der Waals surface area (Å²) in [6.45, 7) is 0.392. The third kappa shape index (κ3) is 4.28. The van der Waals surface area contributed by atoms with E-state index in [1.165, 1.54) is 11.8 Å². The molecule has 0 aliphatic carbocycles. The van der Waals surface area contributed by atoms with Crippen LogP contribution in [0.3, 0.4) is 0 Å². The van der Waals surface area contributed by atoms with Gasteiger partial charge in [0, 0.05) is 23.2 Å². The smallest absolute Gasteiger partial charge is 0.252 e. The Hall–Kier alpha value is -3.04. The van der Waals surface area contributed by atoms with E-state index < -0.39 is 0 Å². The summed E-state index contributed by atoms with van der Waals surface area (Å²) in [5.74, 6) is 0.155. The van der Waals surface area contributed by atoms with Crippen molar-refractivity contribution in [2.24, 2.45) is 0 Å². The fraction of sp³-hybridized carbons (Fsp3) is 0.105. The number of thioether (sulfide) groups is 1. The number of nitrogens with zero attached hydrogens (tertiary/aromatic N) is 3. The van der Waals surface area contributed by atoms with Gasteiger partial charge in [-0.1, -0.05) is 30.3 Å². The Kier molecular flexibility index (Phi) is 5.50. The van der Waals surface area contributed by atoms with Crippen LogP contribution in [0.5, 0.6) is 0 Å². The first kappa shape index (κ1) is 16.8. The van der Waals surface area contributed by atoms with Crippen LogP contribution in [0.4, 0.5) is 0 Å². The normalized spacial score (nSPS) is 10.2. The lowest BCUT2D eigenvalue weighted by molar-refractivity contribution is 0.0948. The van der Waals surface area contributed by atoms with Crippen molar-refractivity contribution in [2.45, 2.75) is 11.4 Å². The number of nitrogens with one attached hydrogen (secondary N) is 1. The standard InChI is InChI=1S/C19H16N4OS/c20-10-11-25-18-9-5-4-8-17(18)19(24)21-12-15-13-22-23(14-15)16-6-2-1-3-7-16/h1-9,13-14H,11-12H2,(H,21,24). The minimum atomic E-state index is -0.159. The van der Waals surface area contributed by atoms with Crippen molar-refractivity contribution in [2.75, 3.05) is 5.75 Å². The molecule has 1 aromatic heterocycles. The largest absolute Gasteiger partial charge is 0.348 e. The van der Waals surface area contributed by atoms with Crippen molar-refractivity contribution in [1.29, 1.82) is 5.26 Å². The second-order valence-electron chi connectivity index (χ2n) is 5.25. The van der Waals surface area contributed by atoms with Gasteiger partial charge in [0.25, 0.3) is 5.91 Å². The van der Waals surface area contributed by atoms with Crippen molar-refractivity contribution >= 4 is 17.7 Å². The van der Waals surface area contributed by atoms with E-state index in [2.05, 4.69) is 16.5 Å². The van der Waals surface area contributed by atoms with Gasteiger partial charge in [-0.15, -0.1) is 11.8 Å². The third-order valence-electron chi connectivity index (χ3n) is 3.53. The maximum absolute atomic E-state index is 12.4. The highest BCUT2D eigenvalue weighted by molar-refractivity contribution is 7.99. The molecule has 0 radical (unpaired) electrons. The molecule has 1 heterocycles. The van der Waals surface area contributed by atoms with Crippen LogP contribution in [0.25, 0.3) is 5.69 Å². The topological polar surface area (TPSA) is 70.7 Å². The lowest BCUT2D eigenvalue weighted by atomic mass is 10.2. The van der Waals surface area contributed by atoms with Crippen molar-refractivity contribution in [3.8, 4) is 11.8 Å². The Morgan fingerprint density at radius 1 is 1.16 bits per heavy atom. The number of hydrogen-bond donors (Lipinski definition) is 1. The predicted octanol–water partition coefficient (Wildman–Crippen LogP) is 3.42. The summed E-state index contributed by atoms with van der Waals surface area (Å²) in [5.41, 5.74) is 2.47. The number of benzene rings is 2. The van der Waals surface area contributed by atoms with Crippen molar-refractivity contribution in [3.63, 3.8) is 0 Å². The molecule has 0 atom stereocenters. The fourth-order valence-electron chi connectivity index (χ4n) is 2.34. The Morgan fingerprint density at radius 2 is 1.92 bits per heavy atom. The van der Waals surface area contributed by atoms with Gasteiger partial charge in [-0.3, -0.25) is 4.79 Å². The summed E-state index contributed by atoms with van der Waals surface area (Å²) in [6, 6.07) is 19.2. The molecule has 0 spiro atoms. The van der Waals surface area contributed by atoms with E-state index in [9.17, 15) is 4.79 Å². The molecule has 1 amide bonds. The molecular formula is C19H16N4OS. The number of hydrogen-bond acceptors (Lipinski definition) is 4. The Labute approximate surface area is 150 Å².